The van der Waals surface area contributed by atoms with Crippen LogP contribution in [0.15, 0.2) is 0 Å². The van der Waals surface area contributed by atoms with E-state index in [1.807, 2.05) is 0 Å². The van der Waals surface area contributed by atoms with Gasteiger partial charge in [0.15, 0.2) is 6.10 Å². The van der Waals surface area contributed by atoms with Crippen LogP contribution in [-0.4, -0.2) is 61.5 Å². The second-order valence-electron chi connectivity index (χ2n) is 4.43. The zero-order chi connectivity index (χ0) is 13.6. The number of carbonyl (C=O) groups excluding carboxylic acids is 1. The minimum atomic E-state index is -1.21. The first-order valence-electron chi connectivity index (χ1n) is 5.99. The highest BCUT2D eigenvalue weighted by atomic mass is 16.6. The minimum absolute atomic E-state index is 0.343. The molecule has 4 N–H and O–H groups in total. The van der Waals surface area contributed by atoms with Crippen LogP contribution < -0.4 is 10.6 Å². The lowest BCUT2D eigenvalue weighted by Crippen LogP contribution is -2.66. The molecule has 0 aliphatic heterocycles. The fraction of sp³-hybridized carbons (Fsp3) is 0.909. The summed E-state index contributed by atoms with van der Waals surface area (Å²) in [4.78, 5) is 11.7. The van der Waals surface area contributed by atoms with Crippen molar-refractivity contribution in [2.24, 2.45) is 0 Å². The van der Waals surface area contributed by atoms with Crippen molar-refractivity contribution in [2.45, 2.75) is 37.3 Å². The van der Waals surface area contributed by atoms with E-state index in [4.69, 9.17) is 9.47 Å². The van der Waals surface area contributed by atoms with Gasteiger partial charge in [0.1, 0.15) is 0 Å². The van der Waals surface area contributed by atoms with E-state index in [9.17, 15) is 15.0 Å². The molecule has 0 bridgehead atoms. The Morgan fingerprint density at radius 2 is 2.06 bits per heavy atom. The molecular formula is C11H22N2O5. The largest absolute Gasteiger partial charge is 0.383 e. The van der Waals surface area contributed by atoms with Gasteiger partial charge in [0.25, 0.3) is 5.91 Å². The number of amides is 1. The van der Waals surface area contributed by atoms with Crippen LogP contribution in [0.25, 0.3) is 0 Å². The van der Waals surface area contributed by atoms with Crippen molar-refractivity contribution >= 4 is 5.91 Å². The predicted molar refractivity (Wildman–Crippen MR) is 63.6 cm³/mol. The molecule has 0 aromatic rings. The smallest absolute Gasteiger partial charge is 0.250 e. The predicted octanol–water partition coefficient (Wildman–Crippen LogP) is -1.46. The van der Waals surface area contributed by atoms with Crippen molar-refractivity contribution in [1.29, 1.82) is 0 Å². The standard InChI is InChI=1S/C11H22N2O5/c1-17-7-6-12-9(15)8(14)11(4-3-5-11)13-10(16)18-2/h8,10,13-14,16H,3-7H2,1-2H3,(H,12,15). The number of aliphatic hydroxyl groups excluding tert-OH is 2. The molecule has 2 unspecified atom stereocenters. The van der Waals surface area contributed by atoms with Gasteiger partial charge in [-0.1, -0.05) is 0 Å². The number of hydrogen-bond donors (Lipinski definition) is 4. The molecule has 1 saturated carbocycles. The molecule has 1 aliphatic rings. The Hall–Kier alpha value is -0.730. The number of aliphatic hydroxyl groups is 2. The van der Waals surface area contributed by atoms with Crippen molar-refractivity contribution in [2.75, 3.05) is 27.4 Å². The molecule has 1 rings (SSSR count). The molecule has 0 heterocycles. The van der Waals surface area contributed by atoms with Crippen LogP contribution in [0.4, 0.5) is 0 Å². The van der Waals surface area contributed by atoms with Gasteiger partial charge in [-0.3, -0.25) is 10.1 Å². The van der Waals surface area contributed by atoms with E-state index in [0.29, 0.717) is 26.0 Å². The molecule has 7 heteroatoms. The van der Waals surface area contributed by atoms with Crippen molar-refractivity contribution in [1.82, 2.24) is 10.6 Å². The molecule has 18 heavy (non-hydrogen) atoms. The molecule has 0 aromatic carbocycles. The molecule has 0 radical (unpaired) electrons. The third kappa shape index (κ3) is 3.63. The summed E-state index contributed by atoms with van der Waals surface area (Å²) >= 11 is 0. The molecule has 1 aliphatic carbocycles. The molecule has 2 atom stereocenters. The first kappa shape index (κ1) is 15.3. The second kappa shape index (κ2) is 7.01. The Morgan fingerprint density at radius 1 is 1.39 bits per heavy atom. The summed E-state index contributed by atoms with van der Waals surface area (Å²) in [6.07, 6.45) is -0.274. The zero-order valence-corrected chi connectivity index (χ0v) is 10.8. The third-order valence-corrected chi connectivity index (χ3v) is 3.26. The molecule has 106 valence electrons. The molecular weight excluding hydrogens is 240 g/mol. The van der Waals surface area contributed by atoms with Gasteiger partial charge in [0, 0.05) is 20.8 Å². The molecule has 1 fully saturated rings. The van der Waals surface area contributed by atoms with Gasteiger partial charge in [-0.15, -0.1) is 0 Å². The van der Waals surface area contributed by atoms with Crippen molar-refractivity contribution in [3.05, 3.63) is 0 Å². The van der Waals surface area contributed by atoms with E-state index < -0.39 is 24.0 Å². The van der Waals surface area contributed by atoms with E-state index in [-0.39, 0.29) is 0 Å². The average Bonchev–Trinajstić information content (AvgIpc) is 2.32. The Kier molecular flexibility index (Phi) is 5.97. The zero-order valence-electron chi connectivity index (χ0n) is 10.8. The van der Waals surface area contributed by atoms with Gasteiger partial charge in [-0.05, 0) is 19.3 Å². The van der Waals surface area contributed by atoms with Crippen molar-refractivity contribution in [3.63, 3.8) is 0 Å². The topological polar surface area (TPSA) is 100 Å². The number of methoxy groups -OCH3 is 2. The fourth-order valence-electron chi connectivity index (χ4n) is 1.98. The second-order valence-corrected chi connectivity index (χ2v) is 4.43. The van der Waals surface area contributed by atoms with Crippen LogP contribution in [0.1, 0.15) is 19.3 Å². The summed E-state index contributed by atoms with van der Waals surface area (Å²) in [7, 11) is 2.88. The molecule has 0 spiro atoms. The van der Waals surface area contributed by atoms with Gasteiger partial charge in [-0.2, -0.15) is 0 Å². The Bertz CT molecular complexity index is 270. The Balaban J connectivity index is 2.50. The summed E-state index contributed by atoms with van der Waals surface area (Å²) in [5.41, 5.74) is -0.799. The minimum Gasteiger partial charge on any atom is -0.383 e. The molecule has 7 nitrogen and oxygen atoms in total. The highest BCUT2D eigenvalue weighted by Crippen LogP contribution is 2.35. The number of nitrogens with one attached hydrogen (secondary N) is 2. The van der Waals surface area contributed by atoms with Gasteiger partial charge in [0.2, 0.25) is 6.41 Å². The maximum Gasteiger partial charge on any atom is 0.250 e. The van der Waals surface area contributed by atoms with Crippen LogP contribution in [0, 0.1) is 0 Å². The van der Waals surface area contributed by atoms with Crippen LogP contribution >= 0.6 is 0 Å². The Morgan fingerprint density at radius 3 is 2.50 bits per heavy atom. The number of ether oxygens (including phenoxy) is 2. The summed E-state index contributed by atoms with van der Waals surface area (Å²) in [5, 5.41) is 24.8. The van der Waals surface area contributed by atoms with Gasteiger partial charge >= 0.3 is 0 Å². The summed E-state index contributed by atoms with van der Waals surface area (Å²) < 4.78 is 9.50. The Labute approximate surface area is 106 Å². The lowest BCUT2D eigenvalue weighted by Gasteiger charge is -2.46. The van der Waals surface area contributed by atoms with Crippen molar-refractivity contribution in [3.8, 4) is 0 Å². The lowest BCUT2D eigenvalue weighted by atomic mass is 9.72. The third-order valence-electron chi connectivity index (χ3n) is 3.26. The average molecular weight is 262 g/mol. The number of carbonyl (C=O) groups is 1. The first-order chi connectivity index (χ1) is 8.55. The van der Waals surface area contributed by atoms with E-state index in [2.05, 4.69) is 10.6 Å². The number of hydrogen-bond acceptors (Lipinski definition) is 6. The number of rotatable bonds is 8. The fourth-order valence-corrected chi connectivity index (χ4v) is 1.98. The van der Waals surface area contributed by atoms with Crippen LogP contribution in [0.2, 0.25) is 0 Å². The van der Waals surface area contributed by atoms with Gasteiger partial charge in [0.05, 0.1) is 12.1 Å². The molecule has 0 aromatic heterocycles. The van der Waals surface area contributed by atoms with Crippen molar-refractivity contribution < 1.29 is 24.5 Å². The normalized spacial score (nSPS) is 20.9. The maximum absolute atomic E-state index is 11.7. The molecule has 1 amide bonds. The van der Waals surface area contributed by atoms with E-state index >= 15 is 0 Å². The maximum atomic E-state index is 11.7. The van der Waals surface area contributed by atoms with Crippen LogP contribution in [0.3, 0.4) is 0 Å². The monoisotopic (exact) mass is 262 g/mol. The van der Waals surface area contributed by atoms with Crippen LogP contribution in [-0.2, 0) is 14.3 Å². The SMILES string of the molecule is COCCNC(=O)C(O)C1(NC(O)OC)CCC1. The molecule has 0 saturated heterocycles. The van der Waals surface area contributed by atoms with Crippen LogP contribution in [0.5, 0.6) is 0 Å². The van der Waals surface area contributed by atoms with E-state index in [1.165, 1.54) is 14.2 Å². The highest BCUT2D eigenvalue weighted by molar-refractivity contribution is 5.82. The summed E-state index contributed by atoms with van der Waals surface area (Å²) in [6.45, 7) is 0.731. The lowest BCUT2D eigenvalue weighted by molar-refractivity contribution is -0.156. The van der Waals surface area contributed by atoms with Gasteiger partial charge in [-0.25, -0.2) is 0 Å². The van der Waals surface area contributed by atoms with E-state index in [0.717, 1.165) is 6.42 Å². The summed E-state index contributed by atoms with van der Waals surface area (Å²) in [6, 6.07) is 0. The quantitative estimate of drug-likeness (QED) is 0.315. The van der Waals surface area contributed by atoms with Gasteiger partial charge < -0.3 is 25.0 Å². The summed E-state index contributed by atoms with van der Waals surface area (Å²) in [5.74, 6) is -0.470. The highest BCUT2D eigenvalue weighted by Gasteiger charge is 2.47. The first-order valence-corrected chi connectivity index (χ1v) is 5.99. The van der Waals surface area contributed by atoms with E-state index in [1.54, 1.807) is 0 Å².